The molecule has 4 fully saturated rings. The van der Waals surface area contributed by atoms with Crippen molar-refractivity contribution in [1.82, 2.24) is 13.9 Å². The van der Waals surface area contributed by atoms with E-state index in [0.717, 1.165) is 12.8 Å². The summed E-state index contributed by atoms with van der Waals surface area (Å²) in [5, 5.41) is 31.0. The highest BCUT2D eigenvalue weighted by atomic mass is 32.2. The molecule has 0 aromatic heterocycles. The highest BCUT2D eigenvalue weighted by molar-refractivity contribution is 7.86. The number of carboxylic acids is 1. The van der Waals surface area contributed by atoms with Gasteiger partial charge in [0.2, 0.25) is 0 Å². The van der Waals surface area contributed by atoms with Crippen LogP contribution in [-0.2, 0) is 15.0 Å². The van der Waals surface area contributed by atoms with Crippen LogP contribution in [0.3, 0.4) is 0 Å². The minimum absolute atomic E-state index is 0.0376. The summed E-state index contributed by atoms with van der Waals surface area (Å²) in [6, 6.07) is 0.342. The van der Waals surface area contributed by atoms with Crippen molar-refractivity contribution >= 4 is 23.3 Å². The quantitative estimate of drug-likeness (QED) is 0.297. The molecule has 0 spiro atoms. The van der Waals surface area contributed by atoms with E-state index >= 15 is 0 Å². The Bertz CT molecular complexity index is 692. The number of fused-ring (bicyclic) bond motifs is 2. The van der Waals surface area contributed by atoms with E-state index in [1.54, 1.807) is 4.31 Å². The predicted molar refractivity (Wildman–Crippen MR) is 92.1 cm³/mol. The monoisotopic (exact) mass is 388 g/mol. The van der Waals surface area contributed by atoms with Gasteiger partial charge in [-0.15, -0.1) is 0 Å². The Morgan fingerprint density at radius 2 is 1.88 bits per heavy atom. The average Bonchev–Trinajstić information content (AvgIpc) is 3.43. The first-order chi connectivity index (χ1) is 12.1. The van der Waals surface area contributed by atoms with Gasteiger partial charge in [-0.3, -0.25) is 4.79 Å². The van der Waals surface area contributed by atoms with Crippen molar-refractivity contribution in [1.29, 1.82) is 0 Å². The van der Waals surface area contributed by atoms with Gasteiger partial charge in [0.25, 0.3) is 10.2 Å². The topological polar surface area (TPSA) is 156 Å². The van der Waals surface area contributed by atoms with Crippen molar-refractivity contribution in [3.63, 3.8) is 0 Å². The first-order valence-electron chi connectivity index (χ1n) is 9.07. The molecule has 2 heterocycles. The number of aliphatic carboxylic acids is 1. The Labute approximate surface area is 152 Å². The van der Waals surface area contributed by atoms with E-state index in [1.807, 2.05) is 0 Å². The summed E-state index contributed by atoms with van der Waals surface area (Å²) in [5.74, 6) is -1.79. The molecule has 10 nitrogen and oxygen atoms in total. The number of piperazine rings is 1. The third-order valence-electron chi connectivity index (χ3n) is 6.19. The van der Waals surface area contributed by atoms with Crippen molar-refractivity contribution in [2.45, 2.75) is 61.7 Å². The van der Waals surface area contributed by atoms with Crippen LogP contribution in [0.4, 0.5) is 0 Å². The second kappa shape index (κ2) is 6.13. The lowest BCUT2D eigenvalue weighted by Gasteiger charge is -2.30. The maximum Gasteiger partial charge on any atom is 0.451 e. The molecule has 146 valence electrons. The number of nitrogens with zero attached hydrogens (tertiary/aromatic N) is 2. The van der Waals surface area contributed by atoms with E-state index < -0.39 is 34.8 Å². The number of nitrogens with one attached hydrogen (secondary N) is 1. The van der Waals surface area contributed by atoms with Gasteiger partial charge in [0.05, 0.1) is 0 Å². The largest absolute Gasteiger partial charge is 0.480 e. The van der Waals surface area contributed by atoms with Gasteiger partial charge in [0.15, 0.2) is 0 Å². The number of carbonyl (C=O) groups is 1. The van der Waals surface area contributed by atoms with Gasteiger partial charge in [-0.25, -0.2) is 0 Å². The molecule has 0 bridgehead atoms. The van der Waals surface area contributed by atoms with Crippen molar-refractivity contribution in [2.75, 3.05) is 13.1 Å². The molecule has 0 aromatic carbocycles. The molecule has 4 rings (SSSR count). The fourth-order valence-electron chi connectivity index (χ4n) is 4.49. The SMILES string of the molecule is N[C@@]1(C(=O)O)CN(S(=O)(=O)N2[C@@H]3C[C@@H]3N[C@@H]3C[C@@H]32)C[C@@H]1CCCB(O)O. The summed E-state index contributed by atoms with van der Waals surface area (Å²) in [4.78, 5) is 11.8. The smallest absolute Gasteiger partial charge is 0.451 e. The Kier molecular flexibility index (Phi) is 4.38. The maximum atomic E-state index is 13.2. The molecule has 4 aliphatic rings. The van der Waals surface area contributed by atoms with Crippen LogP contribution in [0.5, 0.6) is 0 Å². The number of nitrogens with two attached hydrogens (primary N) is 1. The molecule has 0 unspecified atom stereocenters. The van der Waals surface area contributed by atoms with E-state index in [2.05, 4.69) is 5.32 Å². The van der Waals surface area contributed by atoms with Crippen LogP contribution in [-0.4, -0.2) is 88.1 Å². The number of hydrogen-bond acceptors (Lipinski definition) is 7. The van der Waals surface area contributed by atoms with E-state index in [4.69, 9.17) is 15.8 Å². The second-order valence-electron chi connectivity index (χ2n) is 8.07. The van der Waals surface area contributed by atoms with E-state index in [-0.39, 0.29) is 43.6 Å². The van der Waals surface area contributed by atoms with Crippen LogP contribution in [0.15, 0.2) is 0 Å². The van der Waals surface area contributed by atoms with E-state index in [0.29, 0.717) is 12.8 Å². The molecule has 2 aliphatic carbocycles. The lowest BCUT2D eigenvalue weighted by molar-refractivity contribution is -0.144. The Morgan fingerprint density at radius 3 is 2.42 bits per heavy atom. The van der Waals surface area contributed by atoms with Crippen LogP contribution in [0.2, 0.25) is 6.32 Å². The van der Waals surface area contributed by atoms with Gasteiger partial charge < -0.3 is 26.2 Å². The van der Waals surface area contributed by atoms with Crippen molar-refractivity contribution in [3.05, 3.63) is 0 Å². The molecule has 2 saturated carbocycles. The minimum Gasteiger partial charge on any atom is -0.480 e. The predicted octanol–water partition coefficient (Wildman–Crippen LogP) is -2.61. The number of rotatable bonds is 7. The lowest BCUT2D eigenvalue weighted by Crippen LogP contribution is -2.56. The van der Waals surface area contributed by atoms with Crippen LogP contribution in [0.25, 0.3) is 0 Å². The number of hydrogen-bond donors (Lipinski definition) is 5. The zero-order chi connectivity index (χ0) is 18.9. The maximum absolute atomic E-state index is 13.2. The van der Waals surface area contributed by atoms with Crippen molar-refractivity contribution < 1.29 is 28.4 Å². The molecule has 0 aromatic rings. The summed E-state index contributed by atoms with van der Waals surface area (Å²) in [7, 11) is -5.24. The van der Waals surface area contributed by atoms with Crippen LogP contribution < -0.4 is 11.1 Å². The Balaban J connectivity index is 1.51. The average molecular weight is 388 g/mol. The van der Waals surface area contributed by atoms with Crippen LogP contribution >= 0.6 is 0 Å². The van der Waals surface area contributed by atoms with Gasteiger partial charge in [-0.05, 0) is 25.6 Å². The molecule has 0 amide bonds. The zero-order valence-electron chi connectivity index (χ0n) is 14.4. The molecular formula is C14H25BN4O6S. The summed E-state index contributed by atoms with van der Waals surface area (Å²) >= 11 is 0. The molecule has 6 atom stereocenters. The second-order valence-corrected chi connectivity index (χ2v) is 9.90. The highest BCUT2D eigenvalue weighted by Gasteiger charge is 2.64. The molecule has 6 N–H and O–H groups in total. The fourth-order valence-corrected chi connectivity index (χ4v) is 6.65. The Morgan fingerprint density at radius 1 is 1.27 bits per heavy atom. The van der Waals surface area contributed by atoms with Crippen LogP contribution in [0, 0.1) is 5.92 Å². The summed E-state index contributed by atoms with van der Waals surface area (Å²) < 4.78 is 29.2. The van der Waals surface area contributed by atoms with E-state index in [9.17, 15) is 18.3 Å². The molecule has 26 heavy (non-hydrogen) atoms. The highest BCUT2D eigenvalue weighted by Crippen LogP contribution is 2.47. The van der Waals surface area contributed by atoms with Crippen molar-refractivity contribution in [3.8, 4) is 0 Å². The molecule has 0 radical (unpaired) electrons. The zero-order valence-corrected chi connectivity index (χ0v) is 15.2. The van der Waals surface area contributed by atoms with Gasteiger partial charge in [-0.1, -0.05) is 6.42 Å². The molecule has 2 saturated heterocycles. The van der Waals surface area contributed by atoms with E-state index in [1.165, 1.54) is 4.31 Å². The summed E-state index contributed by atoms with van der Waals surface area (Å²) in [6.07, 6.45) is 2.39. The standard InChI is InChI=1S/C14H25BN4O6S/c16-14(13(20)21)7-18(6-8(14)2-1-3-15(22)23)26(24,25)19-11-4-9(11)17-10-5-12(10)19/h8-12,17,22-23H,1-7,16H2,(H,20,21)/t8-,9-,10+,11+,12-,14-/m0/s1. The summed E-state index contributed by atoms with van der Waals surface area (Å²) in [5.41, 5.74) is 4.45. The lowest BCUT2D eigenvalue weighted by atomic mass is 9.78. The fraction of sp³-hybridized carbons (Fsp3) is 0.929. The Hall–Kier alpha value is -0.755. The third-order valence-corrected chi connectivity index (χ3v) is 8.20. The third kappa shape index (κ3) is 2.97. The molecular weight excluding hydrogens is 363 g/mol. The molecule has 12 heteroatoms. The normalized spacial score (nSPS) is 42.2. The first kappa shape index (κ1) is 18.6. The summed E-state index contributed by atoms with van der Waals surface area (Å²) in [6.45, 7) is -0.207. The molecule has 2 aliphatic heterocycles. The van der Waals surface area contributed by atoms with Crippen molar-refractivity contribution in [2.24, 2.45) is 11.7 Å². The minimum atomic E-state index is -3.77. The van der Waals surface area contributed by atoms with Gasteiger partial charge in [0.1, 0.15) is 5.54 Å². The van der Waals surface area contributed by atoms with Gasteiger partial charge >= 0.3 is 13.1 Å². The first-order valence-corrected chi connectivity index (χ1v) is 10.5. The van der Waals surface area contributed by atoms with Crippen LogP contribution in [0.1, 0.15) is 25.7 Å². The van der Waals surface area contributed by atoms with Gasteiger partial charge in [0, 0.05) is 43.2 Å². The van der Waals surface area contributed by atoms with Gasteiger partial charge in [-0.2, -0.15) is 17.0 Å². The number of carboxylic acid groups (broad SMARTS) is 1.